The molecule has 0 radical (unpaired) electrons. The number of hydrogen-bond acceptors (Lipinski definition) is 4. The third kappa shape index (κ3) is 3.16. The Kier molecular flexibility index (Phi) is 3.96. The van der Waals surface area contributed by atoms with E-state index < -0.39 is 11.7 Å². The molecule has 0 spiro atoms. The van der Waals surface area contributed by atoms with Crippen molar-refractivity contribution in [1.82, 2.24) is 9.97 Å². The molecular weight excluding hydrogens is 199 g/mol. The van der Waals surface area contributed by atoms with Crippen molar-refractivity contribution in [3.63, 3.8) is 0 Å². The predicted octanol–water partition coefficient (Wildman–Crippen LogP) is 0.465. The number of halogens is 1. The quantitative estimate of drug-likeness (QED) is 0.743. The maximum absolute atomic E-state index is 13.5. The van der Waals surface area contributed by atoms with Gasteiger partial charge in [-0.2, -0.15) is 0 Å². The first-order valence-electron chi connectivity index (χ1n) is 4.66. The van der Waals surface area contributed by atoms with Crippen molar-refractivity contribution in [2.45, 2.75) is 19.8 Å². The number of nitrogens with two attached hydrogens (primary N) is 1. The van der Waals surface area contributed by atoms with Crippen LogP contribution in [-0.4, -0.2) is 22.4 Å². The number of aryl methyl sites for hydroxylation is 1. The van der Waals surface area contributed by atoms with Gasteiger partial charge in [0, 0.05) is 13.0 Å². The number of carbonyl (C=O) groups excluding carboxylic acids is 1. The van der Waals surface area contributed by atoms with E-state index in [0.29, 0.717) is 12.1 Å². The molecule has 15 heavy (non-hydrogen) atoms. The van der Waals surface area contributed by atoms with Crippen LogP contribution in [0.1, 0.15) is 19.0 Å². The molecule has 0 fully saturated rings. The molecule has 0 aliphatic rings. The summed E-state index contributed by atoms with van der Waals surface area (Å²) in [6.07, 6.45) is 1.93. The fraction of sp³-hybridized carbons (Fsp3) is 0.444. The molecule has 0 unspecified atom stereocenters. The number of hydrogen-bond donors (Lipinski definition) is 2. The number of nitrogens with one attached hydrogen (secondary N) is 1. The third-order valence-electron chi connectivity index (χ3n) is 1.86. The third-order valence-corrected chi connectivity index (χ3v) is 1.86. The molecule has 6 heteroatoms. The van der Waals surface area contributed by atoms with Gasteiger partial charge in [-0.25, -0.2) is 14.4 Å². The molecule has 0 aliphatic heterocycles. The van der Waals surface area contributed by atoms with Gasteiger partial charge in [-0.1, -0.05) is 6.92 Å². The van der Waals surface area contributed by atoms with Gasteiger partial charge in [-0.3, -0.25) is 4.79 Å². The van der Waals surface area contributed by atoms with Crippen LogP contribution in [0.15, 0.2) is 6.33 Å². The smallest absolute Gasteiger partial charge is 0.219 e. The summed E-state index contributed by atoms with van der Waals surface area (Å²) in [4.78, 5) is 18.0. The molecule has 1 heterocycles. The Balaban J connectivity index is 2.64. The minimum atomic E-state index is -0.468. The van der Waals surface area contributed by atoms with Crippen LogP contribution in [0.4, 0.5) is 10.2 Å². The molecule has 0 aliphatic carbocycles. The van der Waals surface area contributed by atoms with Gasteiger partial charge in [0.25, 0.3) is 0 Å². The molecule has 1 aromatic heterocycles. The summed E-state index contributed by atoms with van der Waals surface area (Å²) >= 11 is 0. The molecule has 82 valence electrons. The zero-order chi connectivity index (χ0) is 11.3. The molecule has 1 aromatic rings. The number of amides is 1. The summed E-state index contributed by atoms with van der Waals surface area (Å²) in [5, 5.41) is 2.69. The lowest BCUT2D eigenvalue weighted by molar-refractivity contribution is -0.117. The van der Waals surface area contributed by atoms with Gasteiger partial charge in [0.1, 0.15) is 6.33 Å². The second kappa shape index (κ2) is 5.23. The molecule has 0 atom stereocenters. The average Bonchev–Trinajstić information content (AvgIpc) is 2.20. The SMILES string of the molecule is CCc1ncnc(NCCC(N)=O)c1F. The van der Waals surface area contributed by atoms with Gasteiger partial charge in [0.2, 0.25) is 5.91 Å². The van der Waals surface area contributed by atoms with Crippen molar-refractivity contribution in [1.29, 1.82) is 0 Å². The first kappa shape index (κ1) is 11.4. The maximum Gasteiger partial charge on any atom is 0.219 e. The van der Waals surface area contributed by atoms with E-state index >= 15 is 0 Å². The van der Waals surface area contributed by atoms with Crippen molar-refractivity contribution in [3.8, 4) is 0 Å². The van der Waals surface area contributed by atoms with Crippen LogP contribution in [0.5, 0.6) is 0 Å². The van der Waals surface area contributed by atoms with E-state index in [1.54, 1.807) is 6.92 Å². The first-order chi connectivity index (χ1) is 7.15. The standard InChI is InChI=1S/C9H13FN4O/c1-2-6-8(10)9(14-5-13-6)12-4-3-7(11)15/h5H,2-4H2,1H3,(H2,11,15)(H,12,13,14). The molecular formula is C9H13FN4O. The topological polar surface area (TPSA) is 80.9 Å². The Morgan fingerprint density at radius 2 is 2.33 bits per heavy atom. The monoisotopic (exact) mass is 212 g/mol. The molecule has 3 N–H and O–H groups in total. The summed E-state index contributed by atoms with van der Waals surface area (Å²) in [6, 6.07) is 0. The lowest BCUT2D eigenvalue weighted by atomic mass is 10.3. The Bertz CT molecular complexity index is 356. The Labute approximate surface area is 86.9 Å². The molecule has 5 nitrogen and oxygen atoms in total. The van der Waals surface area contributed by atoms with Crippen LogP contribution in [0.3, 0.4) is 0 Å². The van der Waals surface area contributed by atoms with E-state index in [4.69, 9.17) is 5.73 Å². The van der Waals surface area contributed by atoms with E-state index in [2.05, 4.69) is 15.3 Å². The lowest BCUT2D eigenvalue weighted by Gasteiger charge is -2.06. The van der Waals surface area contributed by atoms with Crippen LogP contribution in [0, 0.1) is 5.82 Å². The van der Waals surface area contributed by atoms with E-state index in [1.165, 1.54) is 6.33 Å². The van der Waals surface area contributed by atoms with Crippen molar-refractivity contribution in [2.75, 3.05) is 11.9 Å². The van der Waals surface area contributed by atoms with E-state index in [1.807, 2.05) is 0 Å². The predicted molar refractivity (Wildman–Crippen MR) is 53.7 cm³/mol. The van der Waals surface area contributed by atoms with Gasteiger partial charge in [0.15, 0.2) is 11.6 Å². The zero-order valence-electron chi connectivity index (χ0n) is 8.46. The first-order valence-corrected chi connectivity index (χ1v) is 4.66. The van der Waals surface area contributed by atoms with Crippen molar-refractivity contribution in [2.24, 2.45) is 5.73 Å². The summed E-state index contributed by atoms with van der Waals surface area (Å²) in [5.74, 6) is -0.791. The van der Waals surface area contributed by atoms with E-state index in [-0.39, 0.29) is 18.8 Å². The number of rotatable bonds is 5. The second-order valence-corrected chi connectivity index (χ2v) is 2.98. The van der Waals surface area contributed by atoms with Crippen LogP contribution in [-0.2, 0) is 11.2 Å². The lowest BCUT2D eigenvalue weighted by Crippen LogP contribution is -2.17. The minimum absolute atomic E-state index is 0.114. The summed E-state index contributed by atoms with van der Waals surface area (Å²) < 4.78 is 13.5. The van der Waals surface area contributed by atoms with Gasteiger partial charge in [-0.15, -0.1) is 0 Å². The molecule has 1 amide bonds. The van der Waals surface area contributed by atoms with Gasteiger partial charge in [0.05, 0.1) is 5.69 Å². The molecule has 0 aromatic carbocycles. The molecule has 1 rings (SSSR count). The van der Waals surface area contributed by atoms with Gasteiger partial charge in [-0.05, 0) is 6.42 Å². The normalized spacial score (nSPS) is 10.0. The minimum Gasteiger partial charge on any atom is -0.370 e. The summed E-state index contributed by atoms with van der Waals surface area (Å²) in [7, 11) is 0. The molecule has 0 saturated heterocycles. The van der Waals surface area contributed by atoms with Crippen LogP contribution in [0.2, 0.25) is 0 Å². The highest BCUT2D eigenvalue weighted by Crippen LogP contribution is 2.12. The maximum atomic E-state index is 13.5. The fourth-order valence-corrected chi connectivity index (χ4v) is 1.08. The Morgan fingerprint density at radius 1 is 1.60 bits per heavy atom. The molecule has 0 saturated carbocycles. The number of carbonyl (C=O) groups is 1. The van der Waals surface area contributed by atoms with Crippen molar-refractivity contribution in [3.05, 3.63) is 17.8 Å². The van der Waals surface area contributed by atoms with Gasteiger partial charge < -0.3 is 11.1 Å². The van der Waals surface area contributed by atoms with Crippen molar-refractivity contribution >= 4 is 11.7 Å². The zero-order valence-corrected chi connectivity index (χ0v) is 8.46. The number of nitrogens with zero attached hydrogens (tertiary/aromatic N) is 2. The summed E-state index contributed by atoms with van der Waals surface area (Å²) in [6.45, 7) is 2.07. The highest BCUT2D eigenvalue weighted by Gasteiger charge is 2.08. The Hall–Kier alpha value is -1.72. The highest BCUT2D eigenvalue weighted by molar-refractivity contribution is 5.74. The van der Waals surface area contributed by atoms with Crippen LogP contribution < -0.4 is 11.1 Å². The van der Waals surface area contributed by atoms with Gasteiger partial charge >= 0.3 is 0 Å². The van der Waals surface area contributed by atoms with Crippen LogP contribution >= 0.6 is 0 Å². The fourth-order valence-electron chi connectivity index (χ4n) is 1.08. The Morgan fingerprint density at radius 3 is 2.93 bits per heavy atom. The largest absolute Gasteiger partial charge is 0.370 e. The number of primary amides is 1. The van der Waals surface area contributed by atoms with Crippen molar-refractivity contribution < 1.29 is 9.18 Å². The number of aromatic nitrogens is 2. The molecule has 0 bridgehead atoms. The second-order valence-electron chi connectivity index (χ2n) is 2.98. The van der Waals surface area contributed by atoms with Crippen LogP contribution in [0.25, 0.3) is 0 Å². The van der Waals surface area contributed by atoms with E-state index in [9.17, 15) is 9.18 Å². The highest BCUT2D eigenvalue weighted by atomic mass is 19.1. The average molecular weight is 212 g/mol. The number of anilines is 1. The summed E-state index contributed by atoms with van der Waals surface area (Å²) in [5.41, 5.74) is 5.30. The van der Waals surface area contributed by atoms with E-state index in [0.717, 1.165) is 0 Å².